The quantitative estimate of drug-likeness (QED) is 0.890. The van der Waals surface area contributed by atoms with Gasteiger partial charge in [0.25, 0.3) is 0 Å². The molecule has 1 aromatic carbocycles. The molecule has 0 atom stereocenters. The minimum absolute atomic E-state index is 0.681. The van der Waals surface area contributed by atoms with E-state index in [1.54, 1.807) is 7.11 Å². The molecule has 0 saturated heterocycles. The maximum absolute atomic E-state index is 6.32. The summed E-state index contributed by atoms with van der Waals surface area (Å²) in [5.74, 6) is 0.894. The van der Waals surface area contributed by atoms with Crippen LogP contribution >= 0.6 is 11.6 Å². The van der Waals surface area contributed by atoms with Crippen molar-refractivity contribution < 1.29 is 4.74 Å². The van der Waals surface area contributed by atoms with Crippen molar-refractivity contribution in [3.8, 4) is 5.75 Å². The summed E-state index contributed by atoms with van der Waals surface area (Å²) in [6.45, 7) is 3.47. The van der Waals surface area contributed by atoms with E-state index in [1.807, 2.05) is 36.0 Å². The molecule has 4 nitrogen and oxygen atoms in total. The molecule has 0 saturated carbocycles. The lowest BCUT2D eigenvalue weighted by atomic mass is 10.2. The van der Waals surface area contributed by atoms with Crippen molar-refractivity contribution in [2.45, 2.75) is 26.4 Å². The van der Waals surface area contributed by atoms with Crippen molar-refractivity contribution in [2.75, 3.05) is 7.11 Å². The van der Waals surface area contributed by atoms with Gasteiger partial charge in [-0.1, -0.05) is 36.7 Å². The van der Waals surface area contributed by atoms with Crippen molar-refractivity contribution in [2.24, 2.45) is 7.05 Å². The first-order valence-electron chi connectivity index (χ1n) is 6.70. The number of methoxy groups -OCH3 is 1. The summed E-state index contributed by atoms with van der Waals surface area (Å²) in [4.78, 5) is 0. The average Bonchev–Trinajstić information content (AvgIpc) is 2.75. The number of benzene rings is 1. The summed E-state index contributed by atoms with van der Waals surface area (Å²) in [7, 11) is 3.61. The molecule has 1 N–H and O–H groups in total. The fourth-order valence-corrected chi connectivity index (χ4v) is 2.54. The third-order valence-corrected chi connectivity index (χ3v) is 3.74. The van der Waals surface area contributed by atoms with E-state index in [1.165, 1.54) is 0 Å². The summed E-state index contributed by atoms with van der Waals surface area (Å²) in [5.41, 5.74) is 3.09. The fraction of sp³-hybridized carbons (Fsp3) is 0.400. The van der Waals surface area contributed by atoms with E-state index >= 15 is 0 Å². The number of nitrogens with zero attached hydrogens (tertiary/aromatic N) is 2. The highest BCUT2D eigenvalue weighted by Gasteiger charge is 2.12. The zero-order valence-electron chi connectivity index (χ0n) is 12.1. The Morgan fingerprint density at radius 2 is 2.05 bits per heavy atom. The second-order valence-corrected chi connectivity index (χ2v) is 4.98. The molecular formula is C15H20ClN3O. The van der Waals surface area contributed by atoms with E-state index in [0.29, 0.717) is 6.54 Å². The molecule has 0 aliphatic rings. The minimum atomic E-state index is 0.681. The van der Waals surface area contributed by atoms with Gasteiger partial charge < -0.3 is 10.1 Å². The standard InChI is InChI=1S/C15H20ClN3O/c1-4-12-15(16)13(19(2)18-12)10-17-9-11-7-5-6-8-14(11)20-3/h5-8,17H,4,9-10H2,1-3H3. The van der Waals surface area contributed by atoms with Crippen LogP contribution in [0.3, 0.4) is 0 Å². The monoisotopic (exact) mass is 293 g/mol. The number of aryl methyl sites for hydroxylation is 2. The van der Waals surface area contributed by atoms with Gasteiger partial charge in [-0.05, 0) is 12.5 Å². The van der Waals surface area contributed by atoms with E-state index in [2.05, 4.69) is 17.3 Å². The summed E-state index contributed by atoms with van der Waals surface area (Å²) in [5, 5.41) is 8.56. The van der Waals surface area contributed by atoms with Gasteiger partial charge in [0, 0.05) is 25.7 Å². The van der Waals surface area contributed by atoms with Crippen LogP contribution in [-0.2, 0) is 26.6 Å². The molecule has 0 aliphatic carbocycles. The predicted octanol–water partition coefficient (Wildman–Crippen LogP) is 2.93. The van der Waals surface area contributed by atoms with Crippen LogP contribution in [0.1, 0.15) is 23.9 Å². The van der Waals surface area contributed by atoms with Gasteiger partial charge in [0.2, 0.25) is 0 Å². The molecule has 0 radical (unpaired) electrons. The van der Waals surface area contributed by atoms with Crippen LogP contribution < -0.4 is 10.1 Å². The second kappa shape index (κ2) is 6.77. The van der Waals surface area contributed by atoms with Crippen molar-refractivity contribution in [3.63, 3.8) is 0 Å². The van der Waals surface area contributed by atoms with E-state index in [4.69, 9.17) is 16.3 Å². The van der Waals surface area contributed by atoms with Crippen LogP contribution in [0.4, 0.5) is 0 Å². The molecule has 2 rings (SSSR count). The Balaban J connectivity index is 2.01. The molecule has 0 bridgehead atoms. The summed E-state index contributed by atoms with van der Waals surface area (Å²) >= 11 is 6.32. The topological polar surface area (TPSA) is 39.1 Å². The average molecular weight is 294 g/mol. The van der Waals surface area contributed by atoms with Crippen molar-refractivity contribution in [1.29, 1.82) is 0 Å². The fourth-order valence-electron chi connectivity index (χ4n) is 2.18. The highest BCUT2D eigenvalue weighted by molar-refractivity contribution is 6.31. The van der Waals surface area contributed by atoms with Crippen molar-refractivity contribution >= 4 is 11.6 Å². The van der Waals surface area contributed by atoms with Crippen LogP contribution in [0.2, 0.25) is 5.02 Å². The summed E-state index contributed by atoms with van der Waals surface area (Å²) < 4.78 is 7.18. The molecule has 0 unspecified atom stereocenters. The molecule has 2 aromatic rings. The molecule has 20 heavy (non-hydrogen) atoms. The minimum Gasteiger partial charge on any atom is -0.496 e. The van der Waals surface area contributed by atoms with Gasteiger partial charge in [-0.15, -0.1) is 0 Å². The van der Waals surface area contributed by atoms with Crippen LogP contribution in [0.25, 0.3) is 0 Å². The second-order valence-electron chi connectivity index (χ2n) is 4.60. The Morgan fingerprint density at radius 3 is 2.70 bits per heavy atom. The Labute approximate surface area is 124 Å². The van der Waals surface area contributed by atoms with Gasteiger partial charge in [-0.2, -0.15) is 5.10 Å². The molecule has 1 heterocycles. The van der Waals surface area contributed by atoms with E-state index in [0.717, 1.165) is 40.7 Å². The van der Waals surface area contributed by atoms with E-state index in [-0.39, 0.29) is 0 Å². The Kier molecular flexibility index (Phi) is 5.04. The van der Waals surface area contributed by atoms with Crippen molar-refractivity contribution in [1.82, 2.24) is 15.1 Å². The zero-order valence-corrected chi connectivity index (χ0v) is 12.9. The van der Waals surface area contributed by atoms with Gasteiger partial charge >= 0.3 is 0 Å². The molecular weight excluding hydrogens is 274 g/mol. The summed E-state index contributed by atoms with van der Waals surface area (Å²) in [6, 6.07) is 7.98. The Hall–Kier alpha value is -1.52. The van der Waals surface area contributed by atoms with Crippen LogP contribution in [-0.4, -0.2) is 16.9 Å². The summed E-state index contributed by atoms with van der Waals surface area (Å²) in [6.07, 6.45) is 0.846. The van der Waals surface area contributed by atoms with Crippen LogP contribution in [0, 0.1) is 0 Å². The molecule has 0 spiro atoms. The number of ether oxygens (including phenoxy) is 1. The molecule has 0 fully saturated rings. The number of rotatable bonds is 6. The first kappa shape index (κ1) is 14.9. The van der Waals surface area contributed by atoms with Gasteiger partial charge in [0.05, 0.1) is 23.5 Å². The Bertz CT molecular complexity index is 580. The highest BCUT2D eigenvalue weighted by Crippen LogP contribution is 2.21. The van der Waals surface area contributed by atoms with E-state index in [9.17, 15) is 0 Å². The Morgan fingerprint density at radius 1 is 1.30 bits per heavy atom. The SMILES string of the molecule is CCc1nn(C)c(CNCc2ccccc2OC)c1Cl. The number of para-hydroxylation sites is 1. The van der Waals surface area contributed by atoms with Gasteiger partial charge in [0.1, 0.15) is 5.75 Å². The molecule has 108 valence electrons. The molecule has 5 heteroatoms. The molecule has 1 aromatic heterocycles. The number of hydrogen-bond acceptors (Lipinski definition) is 3. The third-order valence-electron chi connectivity index (χ3n) is 3.30. The first-order chi connectivity index (χ1) is 9.67. The molecule has 0 amide bonds. The smallest absolute Gasteiger partial charge is 0.123 e. The predicted molar refractivity (Wildman–Crippen MR) is 81.1 cm³/mol. The van der Waals surface area contributed by atoms with Gasteiger partial charge in [0.15, 0.2) is 0 Å². The maximum atomic E-state index is 6.32. The number of halogens is 1. The van der Waals surface area contributed by atoms with Gasteiger partial charge in [-0.25, -0.2) is 0 Å². The lowest BCUT2D eigenvalue weighted by Crippen LogP contribution is -2.16. The first-order valence-corrected chi connectivity index (χ1v) is 7.08. The van der Waals surface area contributed by atoms with Gasteiger partial charge in [-0.3, -0.25) is 4.68 Å². The van der Waals surface area contributed by atoms with Crippen LogP contribution in [0.15, 0.2) is 24.3 Å². The zero-order chi connectivity index (χ0) is 14.5. The normalized spacial score (nSPS) is 10.8. The number of aromatic nitrogens is 2. The third kappa shape index (κ3) is 3.14. The lowest BCUT2D eigenvalue weighted by molar-refractivity contribution is 0.407. The van der Waals surface area contributed by atoms with Crippen molar-refractivity contribution in [3.05, 3.63) is 46.2 Å². The highest BCUT2D eigenvalue weighted by atomic mass is 35.5. The maximum Gasteiger partial charge on any atom is 0.123 e. The largest absolute Gasteiger partial charge is 0.496 e. The molecule has 0 aliphatic heterocycles. The van der Waals surface area contributed by atoms with Crippen LogP contribution in [0.5, 0.6) is 5.75 Å². The lowest BCUT2D eigenvalue weighted by Gasteiger charge is -2.09. The van der Waals surface area contributed by atoms with E-state index < -0.39 is 0 Å². The number of nitrogens with one attached hydrogen (secondary N) is 1. The number of hydrogen-bond donors (Lipinski definition) is 1.